The number of carbonyl (C=O) groups excluding carboxylic acids is 2. The molecule has 0 aliphatic heterocycles. The van der Waals surface area contributed by atoms with E-state index in [9.17, 15) is 19.8 Å². The lowest BCUT2D eigenvalue weighted by Crippen LogP contribution is -2.59. The van der Waals surface area contributed by atoms with Crippen molar-refractivity contribution in [3.63, 3.8) is 0 Å². The molecule has 8 atom stereocenters. The monoisotopic (exact) mass is 362 g/mol. The maximum Gasteiger partial charge on any atom is 0.312 e. The molecule has 3 saturated carbocycles. The minimum Gasteiger partial charge on any atom is -0.469 e. The van der Waals surface area contributed by atoms with Crippen LogP contribution in [0, 0.1) is 34.5 Å². The topological polar surface area (TPSA) is 83.8 Å². The summed E-state index contributed by atoms with van der Waals surface area (Å²) in [5.41, 5.74) is 0.323. The third-order valence-corrected chi connectivity index (χ3v) is 8.26. The maximum absolute atomic E-state index is 12.7. The van der Waals surface area contributed by atoms with Gasteiger partial charge in [0.05, 0.1) is 25.2 Å². The Morgan fingerprint density at radius 1 is 1.23 bits per heavy atom. The molecule has 0 aromatic heterocycles. The molecule has 4 rings (SSSR count). The molecule has 0 heterocycles. The molecular formula is C21H30O5. The Kier molecular flexibility index (Phi) is 4.12. The van der Waals surface area contributed by atoms with E-state index in [0.717, 1.165) is 18.4 Å². The van der Waals surface area contributed by atoms with Gasteiger partial charge in [-0.3, -0.25) is 9.59 Å². The van der Waals surface area contributed by atoms with Crippen LogP contribution in [0.4, 0.5) is 0 Å². The fourth-order valence-electron chi connectivity index (χ4n) is 6.92. The van der Waals surface area contributed by atoms with Crippen LogP contribution in [0.2, 0.25) is 0 Å². The van der Waals surface area contributed by atoms with Crippen LogP contribution in [0.15, 0.2) is 11.6 Å². The molecule has 2 N–H and O–H groups in total. The largest absolute Gasteiger partial charge is 0.469 e. The van der Waals surface area contributed by atoms with E-state index in [1.165, 1.54) is 7.11 Å². The van der Waals surface area contributed by atoms with Gasteiger partial charge in [-0.25, -0.2) is 0 Å². The van der Waals surface area contributed by atoms with Crippen LogP contribution in [0.25, 0.3) is 0 Å². The first kappa shape index (κ1) is 18.2. The van der Waals surface area contributed by atoms with Crippen LogP contribution in [-0.4, -0.2) is 41.3 Å². The van der Waals surface area contributed by atoms with Crippen LogP contribution >= 0.6 is 0 Å². The van der Waals surface area contributed by atoms with Crippen molar-refractivity contribution < 1.29 is 24.5 Å². The van der Waals surface area contributed by atoms with Crippen molar-refractivity contribution in [1.82, 2.24) is 0 Å². The summed E-state index contributed by atoms with van der Waals surface area (Å²) >= 11 is 0. The fraction of sp³-hybridized carbons (Fsp3) is 0.810. The number of fused-ring (bicyclic) bond motifs is 5. The number of aliphatic hydroxyl groups is 2. The van der Waals surface area contributed by atoms with Gasteiger partial charge in [0.25, 0.3) is 0 Å². The average Bonchev–Trinajstić information content (AvgIpc) is 2.88. The standard InChI is InChI=1S/C21H30O5/c1-20-7-6-12(22)8-11(20)9-13(19(25)26-3)17-14-4-5-16(24)21(14,2)10-15(23)18(17)20/h9,12-15,17-18,22-23H,4-8,10H2,1-3H3/t12-,13+,14-,15+,17-,18?,20-,21-/m0/s1. The van der Waals surface area contributed by atoms with Gasteiger partial charge in [0, 0.05) is 11.8 Å². The summed E-state index contributed by atoms with van der Waals surface area (Å²) in [5, 5.41) is 21.4. The highest BCUT2D eigenvalue weighted by Gasteiger charge is 2.64. The molecule has 4 aliphatic rings. The summed E-state index contributed by atoms with van der Waals surface area (Å²) in [7, 11) is 1.40. The Morgan fingerprint density at radius 3 is 2.65 bits per heavy atom. The summed E-state index contributed by atoms with van der Waals surface area (Å²) in [4.78, 5) is 25.3. The molecular weight excluding hydrogens is 332 g/mol. The molecule has 0 spiro atoms. The summed E-state index contributed by atoms with van der Waals surface area (Å²) in [6, 6.07) is 0. The predicted octanol–water partition coefficient (Wildman–Crippen LogP) is 2.25. The number of aliphatic hydroxyl groups excluding tert-OH is 2. The molecule has 26 heavy (non-hydrogen) atoms. The Bertz CT molecular complexity index is 669. The van der Waals surface area contributed by atoms with Crippen molar-refractivity contribution in [3.8, 4) is 0 Å². The molecule has 4 aliphatic carbocycles. The quantitative estimate of drug-likeness (QED) is 0.552. The molecule has 144 valence electrons. The Balaban J connectivity index is 1.85. The van der Waals surface area contributed by atoms with Crippen LogP contribution < -0.4 is 0 Å². The highest BCUT2D eigenvalue weighted by molar-refractivity contribution is 5.87. The van der Waals surface area contributed by atoms with Crippen LogP contribution in [0.3, 0.4) is 0 Å². The molecule has 5 heteroatoms. The Morgan fingerprint density at radius 2 is 1.96 bits per heavy atom. The normalized spacial score (nSPS) is 50.3. The molecule has 0 aromatic rings. The predicted molar refractivity (Wildman–Crippen MR) is 95.0 cm³/mol. The first-order chi connectivity index (χ1) is 12.2. The molecule has 0 bridgehead atoms. The first-order valence-corrected chi connectivity index (χ1v) is 9.91. The number of hydrogen-bond donors (Lipinski definition) is 2. The van der Waals surface area contributed by atoms with Gasteiger partial charge in [-0.2, -0.15) is 0 Å². The van der Waals surface area contributed by atoms with E-state index in [2.05, 4.69) is 6.92 Å². The van der Waals surface area contributed by atoms with E-state index in [-0.39, 0.29) is 41.0 Å². The average molecular weight is 362 g/mol. The van der Waals surface area contributed by atoms with Crippen LogP contribution in [-0.2, 0) is 14.3 Å². The molecule has 0 amide bonds. The SMILES string of the molecule is COC(=O)[C@@H]1C=C2C[C@@H](O)CC[C@]2(C)C2[C@@H]1[C@@H]1CCC(=O)[C@@]1(C)C[C@H]2O. The Hall–Kier alpha value is -1.20. The van der Waals surface area contributed by atoms with Gasteiger partial charge >= 0.3 is 5.97 Å². The third-order valence-electron chi connectivity index (χ3n) is 8.26. The van der Waals surface area contributed by atoms with Gasteiger partial charge in [-0.1, -0.05) is 25.5 Å². The van der Waals surface area contributed by atoms with E-state index in [4.69, 9.17) is 4.74 Å². The summed E-state index contributed by atoms with van der Waals surface area (Å²) in [6.45, 7) is 4.16. The summed E-state index contributed by atoms with van der Waals surface area (Å²) in [6.07, 6.45) is 4.91. The lowest BCUT2D eigenvalue weighted by atomic mass is 9.45. The number of carbonyl (C=O) groups is 2. The van der Waals surface area contributed by atoms with Crippen molar-refractivity contribution in [2.24, 2.45) is 34.5 Å². The number of esters is 1. The number of ether oxygens (including phenoxy) is 1. The molecule has 0 radical (unpaired) electrons. The van der Waals surface area contributed by atoms with Gasteiger partial charge in [0.2, 0.25) is 0 Å². The third kappa shape index (κ3) is 2.29. The van der Waals surface area contributed by atoms with Gasteiger partial charge in [0.1, 0.15) is 5.78 Å². The number of hydrogen-bond acceptors (Lipinski definition) is 5. The lowest BCUT2D eigenvalue weighted by molar-refractivity contribution is -0.166. The summed E-state index contributed by atoms with van der Waals surface area (Å²) < 4.78 is 5.11. The maximum atomic E-state index is 12.7. The van der Waals surface area contributed by atoms with Crippen molar-refractivity contribution in [1.29, 1.82) is 0 Å². The fourth-order valence-corrected chi connectivity index (χ4v) is 6.92. The van der Waals surface area contributed by atoms with Gasteiger partial charge < -0.3 is 14.9 Å². The van der Waals surface area contributed by atoms with E-state index in [1.54, 1.807) is 0 Å². The van der Waals surface area contributed by atoms with Crippen molar-refractivity contribution in [3.05, 3.63) is 11.6 Å². The van der Waals surface area contributed by atoms with Crippen molar-refractivity contribution in [2.75, 3.05) is 7.11 Å². The molecule has 3 fully saturated rings. The Labute approximate surface area is 154 Å². The van der Waals surface area contributed by atoms with E-state index < -0.39 is 17.4 Å². The zero-order valence-electron chi connectivity index (χ0n) is 15.9. The van der Waals surface area contributed by atoms with Crippen molar-refractivity contribution in [2.45, 2.75) is 64.6 Å². The molecule has 5 nitrogen and oxygen atoms in total. The minimum atomic E-state index is -0.612. The van der Waals surface area contributed by atoms with E-state index in [0.29, 0.717) is 25.7 Å². The second-order valence-electron chi connectivity index (χ2n) is 9.42. The second-order valence-corrected chi connectivity index (χ2v) is 9.42. The first-order valence-electron chi connectivity index (χ1n) is 9.91. The molecule has 0 aromatic carbocycles. The second kappa shape index (κ2) is 5.90. The van der Waals surface area contributed by atoms with E-state index >= 15 is 0 Å². The number of rotatable bonds is 1. The number of Topliss-reactive ketones (excluding diaryl/α,β-unsaturated/α-hetero) is 1. The van der Waals surface area contributed by atoms with E-state index in [1.807, 2.05) is 13.0 Å². The van der Waals surface area contributed by atoms with Crippen molar-refractivity contribution >= 4 is 11.8 Å². The minimum absolute atomic E-state index is 0.0666. The highest BCUT2D eigenvalue weighted by Crippen LogP contribution is 2.65. The number of ketones is 1. The van der Waals surface area contributed by atoms with Crippen LogP contribution in [0.1, 0.15) is 52.4 Å². The number of methoxy groups -OCH3 is 1. The zero-order valence-corrected chi connectivity index (χ0v) is 15.9. The summed E-state index contributed by atoms with van der Waals surface area (Å²) in [5.74, 6) is -0.541. The molecule has 0 saturated heterocycles. The van der Waals surface area contributed by atoms with Crippen LogP contribution in [0.5, 0.6) is 0 Å². The van der Waals surface area contributed by atoms with Gasteiger partial charge in [-0.15, -0.1) is 0 Å². The highest BCUT2D eigenvalue weighted by atomic mass is 16.5. The lowest BCUT2D eigenvalue weighted by Gasteiger charge is -2.59. The van der Waals surface area contributed by atoms with Gasteiger partial charge in [0.15, 0.2) is 0 Å². The smallest absolute Gasteiger partial charge is 0.312 e. The van der Waals surface area contributed by atoms with Gasteiger partial charge in [-0.05, 0) is 55.3 Å². The molecule has 1 unspecified atom stereocenters. The zero-order chi connectivity index (χ0) is 18.9.